The molecule has 1 aliphatic heterocycles. The number of aliphatic hydroxyl groups excluding tert-OH is 1. The van der Waals surface area contributed by atoms with Crippen LogP contribution in [0.5, 0.6) is 0 Å². The van der Waals surface area contributed by atoms with Crippen molar-refractivity contribution >= 4 is 5.91 Å². The summed E-state index contributed by atoms with van der Waals surface area (Å²) in [5.41, 5.74) is 0. The monoisotopic (exact) mass is 212 g/mol. The SMILES string of the molecule is CN(C(=O)CN1CCC(CO)C1)C1CC1. The molecule has 2 fully saturated rings. The summed E-state index contributed by atoms with van der Waals surface area (Å²) in [6.07, 6.45) is 3.36. The lowest BCUT2D eigenvalue weighted by molar-refractivity contribution is -0.131. The maximum absolute atomic E-state index is 11.8. The van der Waals surface area contributed by atoms with Crippen LogP contribution in [-0.4, -0.2) is 60.1 Å². The van der Waals surface area contributed by atoms with E-state index in [-0.39, 0.29) is 12.5 Å². The minimum atomic E-state index is 0.232. The van der Waals surface area contributed by atoms with Crippen LogP contribution in [0, 0.1) is 5.92 Å². The van der Waals surface area contributed by atoms with Crippen molar-refractivity contribution in [3.05, 3.63) is 0 Å². The van der Waals surface area contributed by atoms with E-state index < -0.39 is 0 Å². The molecule has 1 atom stereocenters. The van der Waals surface area contributed by atoms with Gasteiger partial charge in [0.2, 0.25) is 5.91 Å². The van der Waals surface area contributed by atoms with Gasteiger partial charge in [0.25, 0.3) is 0 Å². The molecule has 4 nitrogen and oxygen atoms in total. The van der Waals surface area contributed by atoms with Crippen molar-refractivity contribution in [2.45, 2.75) is 25.3 Å². The summed E-state index contributed by atoms with van der Waals surface area (Å²) in [5.74, 6) is 0.611. The van der Waals surface area contributed by atoms with Gasteiger partial charge in [-0.1, -0.05) is 0 Å². The molecule has 86 valence electrons. The summed E-state index contributed by atoms with van der Waals surface area (Å²) >= 11 is 0. The molecule has 1 heterocycles. The van der Waals surface area contributed by atoms with Gasteiger partial charge in [0.05, 0.1) is 6.54 Å². The number of rotatable bonds is 4. The van der Waals surface area contributed by atoms with Gasteiger partial charge in [-0.05, 0) is 31.7 Å². The van der Waals surface area contributed by atoms with E-state index >= 15 is 0 Å². The summed E-state index contributed by atoms with van der Waals surface area (Å²) in [6.45, 7) is 2.61. The number of carbonyl (C=O) groups is 1. The fraction of sp³-hybridized carbons (Fsp3) is 0.909. The zero-order chi connectivity index (χ0) is 10.8. The van der Waals surface area contributed by atoms with E-state index in [1.54, 1.807) is 0 Å². The molecule has 1 amide bonds. The summed E-state index contributed by atoms with van der Waals surface area (Å²) in [4.78, 5) is 15.8. The van der Waals surface area contributed by atoms with Crippen LogP contribution in [0.1, 0.15) is 19.3 Å². The summed E-state index contributed by atoms with van der Waals surface area (Å²) in [6, 6.07) is 0.508. The molecule has 1 unspecified atom stereocenters. The quantitative estimate of drug-likeness (QED) is 0.709. The molecule has 1 aliphatic carbocycles. The molecule has 1 saturated heterocycles. The number of likely N-dealkylation sites (tertiary alicyclic amines) is 1. The van der Waals surface area contributed by atoms with E-state index in [1.807, 2.05) is 11.9 Å². The van der Waals surface area contributed by atoms with Crippen molar-refractivity contribution in [1.29, 1.82) is 0 Å². The minimum Gasteiger partial charge on any atom is -0.396 e. The van der Waals surface area contributed by atoms with E-state index in [0.717, 1.165) is 19.5 Å². The van der Waals surface area contributed by atoms with Crippen molar-refractivity contribution in [2.24, 2.45) is 5.92 Å². The van der Waals surface area contributed by atoms with Gasteiger partial charge in [0.1, 0.15) is 0 Å². The second kappa shape index (κ2) is 4.49. The van der Waals surface area contributed by atoms with Gasteiger partial charge in [-0.15, -0.1) is 0 Å². The molecule has 1 N–H and O–H groups in total. The third-order valence-corrected chi connectivity index (χ3v) is 3.48. The number of hydrogen-bond acceptors (Lipinski definition) is 3. The topological polar surface area (TPSA) is 43.8 Å². The average Bonchev–Trinajstić information content (AvgIpc) is 2.98. The van der Waals surface area contributed by atoms with Crippen LogP contribution < -0.4 is 0 Å². The van der Waals surface area contributed by atoms with Crippen molar-refractivity contribution in [3.63, 3.8) is 0 Å². The van der Waals surface area contributed by atoms with Crippen molar-refractivity contribution in [3.8, 4) is 0 Å². The smallest absolute Gasteiger partial charge is 0.236 e. The molecule has 0 aromatic rings. The second-order valence-corrected chi connectivity index (χ2v) is 4.81. The number of carbonyl (C=O) groups excluding carboxylic acids is 1. The highest BCUT2D eigenvalue weighted by Gasteiger charge is 2.31. The van der Waals surface area contributed by atoms with Gasteiger partial charge in [-0.25, -0.2) is 0 Å². The van der Waals surface area contributed by atoms with E-state index in [2.05, 4.69) is 4.90 Å². The lowest BCUT2D eigenvalue weighted by Crippen LogP contribution is -2.38. The van der Waals surface area contributed by atoms with E-state index in [0.29, 0.717) is 18.5 Å². The van der Waals surface area contributed by atoms with Crippen LogP contribution in [0.3, 0.4) is 0 Å². The third-order valence-electron chi connectivity index (χ3n) is 3.48. The Morgan fingerprint density at radius 1 is 1.47 bits per heavy atom. The highest BCUT2D eigenvalue weighted by molar-refractivity contribution is 5.78. The molecule has 2 rings (SSSR count). The molecule has 0 radical (unpaired) electrons. The van der Waals surface area contributed by atoms with Crippen molar-refractivity contribution in [2.75, 3.05) is 33.3 Å². The normalized spacial score (nSPS) is 26.9. The van der Waals surface area contributed by atoms with Crippen LogP contribution in [0.4, 0.5) is 0 Å². The van der Waals surface area contributed by atoms with E-state index in [1.165, 1.54) is 12.8 Å². The number of hydrogen-bond donors (Lipinski definition) is 1. The lowest BCUT2D eigenvalue weighted by atomic mass is 10.1. The Kier molecular flexibility index (Phi) is 3.26. The highest BCUT2D eigenvalue weighted by Crippen LogP contribution is 2.25. The highest BCUT2D eigenvalue weighted by atomic mass is 16.3. The first-order valence-corrected chi connectivity index (χ1v) is 5.79. The molecule has 0 bridgehead atoms. The first-order valence-electron chi connectivity index (χ1n) is 5.79. The summed E-state index contributed by atoms with van der Waals surface area (Å²) in [5, 5.41) is 9.00. The summed E-state index contributed by atoms with van der Waals surface area (Å²) < 4.78 is 0. The van der Waals surface area contributed by atoms with Crippen molar-refractivity contribution < 1.29 is 9.90 Å². The van der Waals surface area contributed by atoms with E-state index in [9.17, 15) is 4.79 Å². The third kappa shape index (κ3) is 2.69. The van der Waals surface area contributed by atoms with Gasteiger partial charge < -0.3 is 10.0 Å². The van der Waals surface area contributed by atoms with Gasteiger partial charge >= 0.3 is 0 Å². The molecule has 0 aromatic heterocycles. The van der Waals surface area contributed by atoms with Crippen LogP contribution in [0.25, 0.3) is 0 Å². The Labute approximate surface area is 90.9 Å². The molecular weight excluding hydrogens is 192 g/mol. The average molecular weight is 212 g/mol. The maximum Gasteiger partial charge on any atom is 0.236 e. The van der Waals surface area contributed by atoms with Crippen LogP contribution in [0.15, 0.2) is 0 Å². The maximum atomic E-state index is 11.8. The molecule has 1 saturated carbocycles. The second-order valence-electron chi connectivity index (χ2n) is 4.81. The van der Waals surface area contributed by atoms with Crippen LogP contribution in [-0.2, 0) is 4.79 Å². The first-order chi connectivity index (χ1) is 7.20. The molecule has 2 aliphatic rings. The Morgan fingerprint density at radius 2 is 2.20 bits per heavy atom. The number of nitrogens with zero attached hydrogens (tertiary/aromatic N) is 2. The molecular formula is C11H20N2O2. The molecule has 4 heteroatoms. The first kappa shape index (κ1) is 10.9. The lowest BCUT2D eigenvalue weighted by Gasteiger charge is -2.21. The Morgan fingerprint density at radius 3 is 2.73 bits per heavy atom. The minimum absolute atomic E-state index is 0.232. The standard InChI is InChI=1S/C11H20N2O2/c1-12(10-2-3-10)11(15)7-13-5-4-9(6-13)8-14/h9-10,14H,2-8H2,1H3. The van der Waals surface area contributed by atoms with Crippen LogP contribution in [0.2, 0.25) is 0 Å². The fourth-order valence-electron chi connectivity index (χ4n) is 2.17. The Bertz CT molecular complexity index is 241. The predicted molar refractivity (Wildman–Crippen MR) is 57.4 cm³/mol. The van der Waals surface area contributed by atoms with Gasteiger partial charge in [-0.3, -0.25) is 9.69 Å². The molecule has 0 aromatic carbocycles. The summed E-state index contributed by atoms with van der Waals surface area (Å²) in [7, 11) is 1.90. The zero-order valence-electron chi connectivity index (χ0n) is 9.35. The van der Waals surface area contributed by atoms with Gasteiger partial charge in [-0.2, -0.15) is 0 Å². The van der Waals surface area contributed by atoms with Crippen molar-refractivity contribution in [1.82, 2.24) is 9.80 Å². The number of likely N-dealkylation sites (N-methyl/N-ethyl adjacent to an activating group) is 1. The Hall–Kier alpha value is -0.610. The van der Waals surface area contributed by atoms with Gasteiger partial charge in [0.15, 0.2) is 0 Å². The van der Waals surface area contributed by atoms with Crippen LogP contribution >= 0.6 is 0 Å². The molecule has 15 heavy (non-hydrogen) atoms. The predicted octanol–water partition coefficient (Wildman–Crippen LogP) is -0.0786. The number of amides is 1. The fourth-order valence-corrected chi connectivity index (χ4v) is 2.17. The zero-order valence-corrected chi connectivity index (χ0v) is 9.35. The molecule has 0 spiro atoms. The number of aliphatic hydroxyl groups is 1. The van der Waals surface area contributed by atoms with E-state index in [4.69, 9.17) is 5.11 Å². The largest absolute Gasteiger partial charge is 0.396 e. The van der Waals surface area contributed by atoms with Gasteiger partial charge in [0, 0.05) is 26.2 Å². The Balaban J connectivity index is 1.74.